The first-order valence-corrected chi connectivity index (χ1v) is 8.07. The summed E-state index contributed by atoms with van der Waals surface area (Å²) in [7, 11) is 0. The number of anilines is 2. The van der Waals surface area contributed by atoms with E-state index in [0.29, 0.717) is 5.69 Å². The van der Waals surface area contributed by atoms with E-state index in [1.165, 1.54) is 34.1 Å². The van der Waals surface area contributed by atoms with Gasteiger partial charge in [0.2, 0.25) is 0 Å². The Morgan fingerprint density at radius 3 is 2.26 bits per heavy atom. The van der Waals surface area contributed by atoms with Crippen molar-refractivity contribution in [2.45, 2.75) is 25.6 Å². The molecule has 1 heterocycles. The summed E-state index contributed by atoms with van der Waals surface area (Å²) in [5.74, 6) is 0.0435. The van der Waals surface area contributed by atoms with E-state index in [2.05, 4.69) is 0 Å². The minimum atomic E-state index is -4.70. The monoisotopic (exact) mass is 375 g/mol. The van der Waals surface area contributed by atoms with E-state index < -0.39 is 28.9 Å². The van der Waals surface area contributed by atoms with Crippen LogP contribution < -0.4 is 9.80 Å². The smallest absolute Gasteiger partial charge is 0.417 e. The maximum Gasteiger partial charge on any atom is 0.417 e. The van der Waals surface area contributed by atoms with Crippen LogP contribution in [0.2, 0.25) is 0 Å². The molecule has 2 aromatic carbocycles. The van der Waals surface area contributed by atoms with Gasteiger partial charge in [-0.25, -0.2) is 4.79 Å². The summed E-state index contributed by atoms with van der Waals surface area (Å²) in [6, 6.07) is 10.3. The Hall–Kier alpha value is -3.21. The van der Waals surface area contributed by atoms with Gasteiger partial charge in [-0.1, -0.05) is 0 Å². The van der Waals surface area contributed by atoms with Crippen LogP contribution in [-0.2, 0) is 6.18 Å². The minimum absolute atomic E-state index is 0.0435. The molecule has 0 saturated carbocycles. The van der Waals surface area contributed by atoms with Crippen LogP contribution in [0.25, 0.3) is 0 Å². The van der Waals surface area contributed by atoms with Crippen LogP contribution >= 0.6 is 0 Å². The third-order valence-electron chi connectivity index (χ3n) is 4.42. The maximum atomic E-state index is 13.2. The largest absolute Gasteiger partial charge is 0.508 e. The Bertz CT molecular complexity index is 931. The Morgan fingerprint density at radius 1 is 1.11 bits per heavy atom. The number of hydrogen-bond donors (Lipinski definition) is 1. The van der Waals surface area contributed by atoms with Crippen molar-refractivity contribution in [3.8, 4) is 11.8 Å². The summed E-state index contributed by atoms with van der Waals surface area (Å²) in [6.07, 6.45) is -4.70. The Balaban J connectivity index is 2.03. The third-order valence-corrected chi connectivity index (χ3v) is 4.42. The number of aromatic hydroxyl groups is 1. The van der Waals surface area contributed by atoms with Crippen LogP contribution in [0, 0.1) is 11.3 Å². The molecule has 0 spiro atoms. The van der Waals surface area contributed by atoms with Crippen LogP contribution in [0.4, 0.5) is 29.3 Å². The predicted octanol–water partition coefficient (Wildman–Crippen LogP) is 4.51. The zero-order chi connectivity index (χ0) is 20.0. The molecule has 140 valence electrons. The molecule has 27 heavy (non-hydrogen) atoms. The highest BCUT2D eigenvalue weighted by Crippen LogP contribution is 2.38. The number of phenolic OH excluding ortho intramolecular Hbond substituents is 1. The quantitative estimate of drug-likeness (QED) is 0.840. The third kappa shape index (κ3) is 3.28. The maximum absolute atomic E-state index is 13.2. The van der Waals surface area contributed by atoms with E-state index in [1.807, 2.05) is 0 Å². The van der Waals surface area contributed by atoms with Crippen molar-refractivity contribution in [3.63, 3.8) is 0 Å². The molecular formula is C19H16F3N3O2. The molecular weight excluding hydrogens is 359 g/mol. The molecule has 8 heteroatoms. The Labute approximate surface area is 153 Å². The first kappa shape index (κ1) is 18.6. The summed E-state index contributed by atoms with van der Waals surface area (Å²) < 4.78 is 39.7. The fourth-order valence-corrected chi connectivity index (χ4v) is 3.20. The first-order chi connectivity index (χ1) is 12.5. The van der Waals surface area contributed by atoms with Gasteiger partial charge in [-0.3, -0.25) is 9.80 Å². The molecule has 1 N–H and O–H groups in total. The van der Waals surface area contributed by atoms with Crippen molar-refractivity contribution >= 4 is 17.4 Å². The van der Waals surface area contributed by atoms with E-state index in [4.69, 9.17) is 5.26 Å². The van der Waals surface area contributed by atoms with Crippen LogP contribution in [0.5, 0.6) is 5.75 Å². The van der Waals surface area contributed by atoms with Crippen molar-refractivity contribution in [2.24, 2.45) is 0 Å². The molecule has 5 nitrogen and oxygen atoms in total. The number of phenols is 1. The lowest BCUT2D eigenvalue weighted by atomic mass is 10.0. The summed E-state index contributed by atoms with van der Waals surface area (Å²) in [4.78, 5) is 15.7. The van der Waals surface area contributed by atoms with Gasteiger partial charge in [0.25, 0.3) is 0 Å². The molecule has 1 saturated heterocycles. The number of rotatable bonds is 2. The topological polar surface area (TPSA) is 67.6 Å². The number of urea groups is 1. The van der Waals surface area contributed by atoms with Gasteiger partial charge in [0.05, 0.1) is 29.3 Å². The predicted molar refractivity (Wildman–Crippen MR) is 93.6 cm³/mol. The van der Waals surface area contributed by atoms with Crippen molar-refractivity contribution in [3.05, 3.63) is 53.6 Å². The van der Waals surface area contributed by atoms with Gasteiger partial charge in [-0.05, 0) is 56.3 Å². The number of benzene rings is 2. The molecule has 0 aliphatic carbocycles. The number of hydrogen-bond acceptors (Lipinski definition) is 3. The van der Waals surface area contributed by atoms with Gasteiger partial charge in [0.15, 0.2) is 0 Å². The molecule has 0 atom stereocenters. The van der Waals surface area contributed by atoms with E-state index in [-0.39, 0.29) is 18.0 Å². The zero-order valence-electron chi connectivity index (χ0n) is 14.6. The molecule has 2 amide bonds. The van der Waals surface area contributed by atoms with Gasteiger partial charge >= 0.3 is 12.2 Å². The van der Waals surface area contributed by atoms with Crippen LogP contribution in [0.15, 0.2) is 42.5 Å². The summed E-state index contributed by atoms with van der Waals surface area (Å²) in [6.45, 7) is 3.76. The summed E-state index contributed by atoms with van der Waals surface area (Å²) in [5.41, 5.74) is -1.67. The number of halogens is 3. The number of carbonyl (C=O) groups excluding carboxylic acids is 1. The van der Waals surface area contributed by atoms with Gasteiger partial charge < -0.3 is 5.11 Å². The molecule has 2 aromatic rings. The molecule has 0 radical (unpaired) electrons. The average Bonchev–Trinajstić information content (AvgIpc) is 2.84. The van der Waals surface area contributed by atoms with Gasteiger partial charge in [-0.2, -0.15) is 18.4 Å². The second-order valence-corrected chi connectivity index (χ2v) is 6.87. The second kappa shape index (κ2) is 6.20. The van der Waals surface area contributed by atoms with E-state index in [9.17, 15) is 23.1 Å². The highest BCUT2D eigenvalue weighted by molar-refractivity contribution is 6.07. The second-order valence-electron chi connectivity index (χ2n) is 6.87. The summed E-state index contributed by atoms with van der Waals surface area (Å²) >= 11 is 0. The van der Waals surface area contributed by atoms with Crippen molar-refractivity contribution in [1.82, 2.24) is 0 Å². The van der Waals surface area contributed by atoms with Gasteiger partial charge in [-0.15, -0.1) is 0 Å². The van der Waals surface area contributed by atoms with E-state index in [0.717, 1.165) is 12.1 Å². The highest BCUT2D eigenvalue weighted by Gasteiger charge is 2.45. The molecule has 1 fully saturated rings. The summed E-state index contributed by atoms with van der Waals surface area (Å²) in [5, 5.41) is 18.4. The number of nitrogens with zero attached hydrogens (tertiary/aromatic N) is 3. The number of carbonyl (C=O) groups is 1. The number of nitriles is 1. The fraction of sp³-hybridized carbons (Fsp3) is 0.263. The van der Waals surface area contributed by atoms with E-state index in [1.54, 1.807) is 26.0 Å². The SMILES string of the molecule is CC1(C)CN(c2ccc(C#N)c(C(F)(F)F)c2)C(=O)N1c1ccc(O)cc1. The standard InChI is InChI=1S/C19H16F3N3O2/c1-18(2)11-24(17(27)25(18)13-5-7-15(26)8-6-13)14-4-3-12(10-23)16(9-14)19(20,21)22/h3-9,26H,11H2,1-2H3. The van der Waals surface area contributed by atoms with Gasteiger partial charge in [0, 0.05) is 11.4 Å². The van der Waals surface area contributed by atoms with E-state index >= 15 is 0 Å². The lowest BCUT2D eigenvalue weighted by Crippen LogP contribution is -2.42. The molecule has 1 aliphatic heterocycles. The lowest BCUT2D eigenvalue weighted by molar-refractivity contribution is -0.137. The molecule has 0 unspecified atom stereocenters. The van der Waals surface area contributed by atoms with Crippen molar-refractivity contribution < 1.29 is 23.1 Å². The van der Waals surface area contributed by atoms with Crippen LogP contribution in [0.3, 0.4) is 0 Å². The van der Waals surface area contributed by atoms with Gasteiger partial charge in [0.1, 0.15) is 5.75 Å². The molecule has 0 aromatic heterocycles. The fourth-order valence-electron chi connectivity index (χ4n) is 3.20. The number of amides is 2. The normalized spacial score (nSPS) is 16.5. The van der Waals surface area contributed by atoms with Crippen LogP contribution in [-0.4, -0.2) is 23.2 Å². The zero-order valence-corrected chi connectivity index (χ0v) is 14.6. The molecule has 1 aliphatic rings. The molecule has 3 rings (SSSR count). The minimum Gasteiger partial charge on any atom is -0.508 e. The Kier molecular flexibility index (Phi) is 4.26. The van der Waals surface area contributed by atoms with Crippen LogP contribution in [0.1, 0.15) is 25.0 Å². The van der Waals surface area contributed by atoms with Crippen molar-refractivity contribution in [1.29, 1.82) is 5.26 Å². The molecule has 0 bridgehead atoms. The Morgan fingerprint density at radius 2 is 1.70 bits per heavy atom. The average molecular weight is 375 g/mol. The first-order valence-electron chi connectivity index (χ1n) is 8.07. The highest BCUT2D eigenvalue weighted by atomic mass is 19.4. The number of alkyl halides is 3. The van der Waals surface area contributed by atoms with Crippen molar-refractivity contribution in [2.75, 3.05) is 16.3 Å². The lowest BCUT2D eigenvalue weighted by Gasteiger charge is -2.29.